The van der Waals surface area contributed by atoms with Crippen LogP contribution in [0.2, 0.25) is 0 Å². The molecule has 0 N–H and O–H groups in total. The van der Waals surface area contributed by atoms with E-state index in [1.807, 2.05) is 55.4 Å². The summed E-state index contributed by atoms with van der Waals surface area (Å²) in [6, 6.07) is 15.0. The Bertz CT molecular complexity index is 727. The molecule has 0 saturated carbocycles. The van der Waals surface area contributed by atoms with Gasteiger partial charge in [-0.3, -0.25) is 4.79 Å². The zero-order chi connectivity index (χ0) is 18.4. The van der Waals surface area contributed by atoms with Crippen molar-refractivity contribution in [3.63, 3.8) is 0 Å². The standard InChI is InChI=1S/C19H21IN2O3/c1-21(2)17-10-4-14(5-11-17)12-22(3)18(23)13-25-19(24)15-6-8-16(20)9-7-15/h4-11H,12-13H2,1-3H3. The quantitative estimate of drug-likeness (QED) is 0.499. The second-order valence-corrected chi connectivity index (χ2v) is 7.14. The van der Waals surface area contributed by atoms with Crippen molar-refractivity contribution in [3.05, 3.63) is 63.2 Å². The average Bonchev–Trinajstić information content (AvgIpc) is 2.60. The summed E-state index contributed by atoms with van der Waals surface area (Å²) < 4.78 is 6.13. The van der Waals surface area contributed by atoms with Crippen LogP contribution in [0.15, 0.2) is 48.5 Å². The molecule has 0 aliphatic heterocycles. The van der Waals surface area contributed by atoms with E-state index in [0.717, 1.165) is 14.8 Å². The summed E-state index contributed by atoms with van der Waals surface area (Å²) in [5.74, 6) is -0.732. The molecule has 132 valence electrons. The lowest BCUT2D eigenvalue weighted by Gasteiger charge is -2.18. The van der Waals surface area contributed by atoms with Crippen LogP contribution in [0.3, 0.4) is 0 Å². The Morgan fingerprint density at radius 2 is 1.56 bits per heavy atom. The molecule has 0 saturated heterocycles. The molecule has 0 fully saturated rings. The first-order chi connectivity index (χ1) is 11.9. The van der Waals surface area contributed by atoms with Crippen molar-refractivity contribution < 1.29 is 14.3 Å². The Kier molecular flexibility index (Phi) is 6.81. The van der Waals surface area contributed by atoms with E-state index >= 15 is 0 Å². The monoisotopic (exact) mass is 452 g/mol. The van der Waals surface area contributed by atoms with Crippen LogP contribution >= 0.6 is 22.6 Å². The second-order valence-electron chi connectivity index (χ2n) is 5.89. The number of likely N-dealkylation sites (N-methyl/N-ethyl adjacent to an activating group) is 1. The van der Waals surface area contributed by atoms with Gasteiger partial charge in [-0.05, 0) is 64.6 Å². The van der Waals surface area contributed by atoms with Gasteiger partial charge in [-0.1, -0.05) is 12.1 Å². The van der Waals surface area contributed by atoms with Crippen LogP contribution in [0.5, 0.6) is 0 Å². The molecule has 6 heteroatoms. The minimum absolute atomic E-state index is 0.240. The van der Waals surface area contributed by atoms with Crippen LogP contribution in [-0.4, -0.2) is 44.5 Å². The lowest BCUT2D eigenvalue weighted by molar-refractivity contribution is -0.133. The van der Waals surface area contributed by atoms with Gasteiger partial charge in [-0.25, -0.2) is 4.79 Å². The molecule has 0 spiro atoms. The van der Waals surface area contributed by atoms with E-state index in [1.54, 1.807) is 24.1 Å². The van der Waals surface area contributed by atoms with Gasteiger partial charge in [0.1, 0.15) is 0 Å². The molecule has 0 radical (unpaired) electrons. The fraction of sp³-hybridized carbons (Fsp3) is 0.263. The normalized spacial score (nSPS) is 10.2. The van der Waals surface area contributed by atoms with Gasteiger partial charge in [-0.15, -0.1) is 0 Å². The lowest BCUT2D eigenvalue weighted by Crippen LogP contribution is -2.30. The third-order valence-corrected chi connectivity index (χ3v) is 4.42. The fourth-order valence-electron chi connectivity index (χ4n) is 2.17. The number of hydrogen-bond donors (Lipinski definition) is 0. The minimum Gasteiger partial charge on any atom is -0.452 e. The van der Waals surface area contributed by atoms with E-state index in [0.29, 0.717) is 12.1 Å². The fourth-order valence-corrected chi connectivity index (χ4v) is 2.53. The largest absolute Gasteiger partial charge is 0.452 e. The predicted octanol–water partition coefficient (Wildman–Crippen LogP) is 3.17. The van der Waals surface area contributed by atoms with Crippen molar-refractivity contribution in [3.8, 4) is 0 Å². The molecule has 0 aliphatic carbocycles. The van der Waals surface area contributed by atoms with E-state index in [9.17, 15) is 9.59 Å². The average molecular weight is 452 g/mol. The third kappa shape index (κ3) is 5.74. The maximum Gasteiger partial charge on any atom is 0.338 e. The highest BCUT2D eigenvalue weighted by Gasteiger charge is 2.14. The minimum atomic E-state index is -0.492. The SMILES string of the molecule is CN(Cc1ccc(N(C)C)cc1)C(=O)COC(=O)c1ccc(I)cc1. The Morgan fingerprint density at radius 1 is 0.960 bits per heavy atom. The number of amides is 1. The summed E-state index contributed by atoms with van der Waals surface area (Å²) in [7, 11) is 5.65. The maximum absolute atomic E-state index is 12.2. The summed E-state index contributed by atoms with van der Waals surface area (Å²) >= 11 is 2.16. The first-order valence-electron chi connectivity index (χ1n) is 7.79. The first-order valence-corrected chi connectivity index (χ1v) is 8.87. The van der Waals surface area contributed by atoms with Crippen LogP contribution in [0.4, 0.5) is 5.69 Å². The smallest absolute Gasteiger partial charge is 0.338 e. The van der Waals surface area contributed by atoms with Gasteiger partial charge in [0, 0.05) is 36.9 Å². The Balaban J connectivity index is 1.85. The summed E-state index contributed by atoms with van der Waals surface area (Å²) in [5, 5.41) is 0. The summed E-state index contributed by atoms with van der Waals surface area (Å²) in [5.41, 5.74) is 2.56. The molecule has 2 rings (SSSR count). The first kappa shape index (κ1) is 19.2. The molecule has 0 aliphatic rings. The highest BCUT2D eigenvalue weighted by Crippen LogP contribution is 2.13. The number of benzene rings is 2. The zero-order valence-corrected chi connectivity index (χ0v) is 16.7. The molecule has 0 aromatic heterocycles. The van der Waals surface area contributed by atoms with E-state index in [2.05, 4.69) is 22.6 Å². The number of hydrogen-bond acceptors (Lipinski definition) is 4. The number of anilines is 1. The number of halogens is 1. The molecule has 0 heterocycles. The highest BCUT2D eigenvalue weighted by atomic mass is 127. The van der Waals surface area contributed by atoms with Gasteiger partial charge in [-0.2, -0.15) is 0 Å². The summed E-state index contributed by atoms with van der Waals surface area (Å²) in [4.78, 5) is 27.7. The van der Waals surface area contributed by atoms with Gasteiger partial charge < -0.3 is 14.5 Å². The van der Waals surface area contributed by atoms with Crippen molar-refractivity contribution in [1.29, 1.82) is 0 Å². The van der Waals surface area contributed by atoms with Crippen LogP contribution in [0, 0.1) is 3.57 Å². The maximum atomic E-state index is 12.2. The van der Waals surface area contributed by atoms with Gasteiger partial charge >= 0.3 is 5.97 Å². The molecule has 0 atom stereocenters. The van der Waals surface area contributed by atoms with Crippen LogP contribution in [-0.2, 0) is 16.1 Å². The van der Waals surface area contributed by atoms with E-state index in [4.69, 9.17) is 4.74 Å². The number of carbonyl (C=O) groups is 2. The number of carbonyl (C=O) groups excluding carboxylic acids is 2. The second kappa shape index (κ2) is 8.84. The Morgan fingerprint density at radius 3 is 2.12 bits per heavy atom. The highest BCUT2D eigenvalue weighted by molar-refractivity contribution is 14.1. The summed E-state index contributed by atoms with van der Waals surface area (Å²) in [6.45, 7) is 0.199. The van der Waals surface area contributed by atoms with Crippen molar-refractivity contribution >= 4 is 40.2 Å². The topological polar surface area (TPSA) is 49.9 Å². The number of ether oxygens (including phenoxy) is 1. The summed E-state index contributed by atoms with van der Waals surface area (Å²) in [6.07, 6.45) is 0. The molecule has 5 nitrogen and oxygen atoms in total. The molecule has 2 aromatic carbocycles. The van der Waals surface area contributed by atoms with Gasteiger partial charge in [0.25, 0.3) is 5.91 Å². The molecule has 2 aromatic rings. The van der Waals surface area contributed by atoms with Gasteiger partial charge in [0.2, 0.25) is 0 Å². The number of rotatable bonds is 6. The van der Waals surface area contributed by atoms with Gasteiger partial charge in [0.15, 0.2) is 6.61 Å². The molecule has 0 bridgehead atoms. The van der Waals surface area contributed by atoms with E-state index < -0.39 is 5.97 Å². The van der Waals surface area contributed by atoms with Crippen molar-refractivity contribution in [2.24, 2.45) is 0 Å². The van der Waals surface area contributed by atoms with Crippen molar-refractivity contribution in [2.75, 3.05) is 32.6 Å². The van der Waals surface area contributed by atoms with Crippen LogP contribution in [0.1, 0.15) is 15.9 Å². The van der Waals surface area contributed by atoms with Crippen LogP contribution in [0.25, 0.3) is 0 Å². The van der Waals surface area contributed by atoms with Gasteiger partial charge in [0.05, 0.1) is 5.56 Å². The van der Waals surface area contributed by atoms with E-state index in [1.165, 1.54) is 0 Å². The molecule has 0 unspecified atom stereocenters. The Labute approximate surface area is 161 Å². The molecular weight excluding hydrogens is 431 g/mol. The third-order valence-electron chi connectivity index (χ3n) is 3.70. The molecular formula is C19H21IN2O3. The number of nitrogens with zero attached hydrogens (tertiary/aromatic N) is 2. The predicted molar refractivity (Wildman–Crippen MR) is 107 cm³/mol. The van der Waals surface area contributed by atoms with Crippen molar-refractivity contribution in [1.82, 2.24) is 4.90 Å². The number of esters is 1. The van der Waals surface area contributed by atoms with Crippen LogP contribution < -0.4 is 4.90 Å². The Hall–Kier alpha value is -2.09. The molecule has 1 amide bonds. The molecule has 25 heavy (non-hydrogen) atoms. The zero-order valence-electron chi connectivity index (χ0n) is 14.5. The van der Waals surface area contributed by atoms with Crippen molar-refractivity contribution in [2.45, 2.75) is 6.54 Å². The lowest BCUT2D eigenvalue weighted by atomic mass is 10.2. The van der Waals surface area contributed by atoms with E-state index in [-0.39, 0.29) is 12.5 Å².